The van der Waals surface area contributed by atoms with Crippen LogP contribution in [0.1, 0.15) is 21.5 Å². The molecule has 5 rings (SSSR count). The third-order valence-corrected chi connectivity index (χ3v) is 5.72. The number of benzene rings is 3. The van der Waals surface area contributed by atoms with E-state index in [0.29, 0.717) is 44.9 Å². The number of anilines is 2. The van der Waals surface area contributed by atoms with E-state index in [0.717, 1.165) is 5.56 Å². The number of amides is 1. The van der Waals surface area contributed by atoms with Gasteiger partial charge in [0.25, 0.3) is 5.91 Å². The zero-order valence-corrected chi connectivity index (χ0v) is 20.0. The van der Waals surface area contributed by atoms with Gasteiger partial charge in [0.15, 0.2) is 17.1 Å². The minimum atomic E-state index is -0.402. The lowest BCUT2D eigenvalue weighted by Crippen LogP contribution is -2.14. The predicted octanol–water partition coefficient (Wildman–Crippen LogP) is 4.63. The summed E-state index contributed by atoms with van der Waals surface area (Å²) in [6.45, 7) is 1.95. The van der Waals surface area contributed by atoms with Gasteiger partial charge in [0.2, 0.25) is 0 Å². The van der Waals surface area contributed by atoms with Crippen molar-refractivity contribution in [2.24, 2.45) is 5.10 Å². The van der Waals surface area contributed by atoms with Crippen LogP contribution in [0.25, 0.3) is 22.2 Å². The highest BCUT2D eigenvalue weighted by molar-refractivity contribution is 6.16. The molecule has 0 aliphatic carbocycles. The Morgan fingerprint density at radius 2 is 1.75 bits per heavy atom. The second-order valence-corrected chi connectivity index (χ2v) is 8.11. The molecule has 180 valence electrons. The number of nitrogens with two attached hydrogens (primary N) is 1. The molecule has 0 unspecified atom stereocenters. The van der Waals surface area contributed by atoms with Gasteiger partial charge in [-0.3, -0.25) is 4.79 Å². The molecule has 2 heterocycles. The van der Waals surface area contributed by atoms with E-state index in [1.807, 2.05) is 67.6 Å². The van der Waals surface area contributed by atoms with Crippen LogP contribution in [0.3, 0.4) is 0 Å². The van der Waals surface area contributed by atoms with Crippen LogP contribution in [0.4, 0.5) is 11.5 Å². The predicted molar refractivity (Wildman–Crippen MR) is 141 cm³/mol. The van der Waals surface area contributed by atoms with Gasteiger partial charge in [0.1, 0.15) is 16.9 Å². The molecule has 9 heteroatoms. The zero-order chi connectivity index (χ0) is 25.2. The van der Waals surface area contributed by atoms with Gasteiger partial charge in [-0.15, -0.1) is 0 Å². The van der Waals surface area contributed by atoms with Crippen molar-refractivity contribution in [3.05, 3.63) is 83.4 Å². The normalized spacial score (nSPS) is 11.3. The highest BCUT2D eigenvalue weighted by Gasteiger charge is 2.24. The number of nitrogens with one attached hydrogen (secondary N) is 1. The summed E-state index contributed by atoms with van der Waals surface area (Å²) in [5.74, 6) is 0.799. The van der Waals surface area contributed by atoms with Gasteiger partial charge >= 0.3 is 0 Å². The molecule has 0 aliphatic rings. The molecule has 5 aromatic rings. The number of carbonyl (C=O) groups is 1. The molecule has 1 amide bonds. The number of hydrogen-bond acceptors (Lipinski definition) is 7. The highest BCUT2D eigenvalue weighted by atomic mass is 16.5. The van der Waals surface area contributed by atoms with Crippen molar-refractivity contribution in [2.75, 3.05) is 25.3 Å². The van der Waals surface area contributed by atoms with E-state index in [-0.39, 0.29) is 11.4 Å². The van der Waals surface area contributed by atoms with Crippen molar-refractivity contribution in [2.45, 2.75) is 6.92 Å². The Morgan fingerprint density at radius 3 is 2.47 bits per heavy atom. The molecule has 3 aromatic carbocycles. The van der Waals surface area contributed by atoms with E-state index in [1.165, 1.54) is 4.68 Å². The SMILES string of the molecule is COc1cccc(C=Nn2c(N)c(C(=O)Nc3cccc(C)c3)c3nc4ccccc4nc32)c1OC. The number of ether oxygens (including phenoxy) is 2. The van der Waals surface area contributed by atoms with Crippen LogP contribution in [-0.4, -0.2) is 41.0 Å². The van der Waals surface area contributed by atoms with Crippen LogP contribution in [0.15, 0.2) is 71.8 Å². The summed E-state index contributed by atoms with van der Waals surface area (Å²) in [5, 5.41) is 7.48. The summed E-state index contributed by atoms with van der Waals surface area (Å²) in [7, 11) is 3.12. The van der Waals surface area contributed by atoms with E-state index in [2.05, 4.69) is 10.4 Å². The molecule has 36 heavy (non-hydrogen) atoms. The molecule has 0 saturated carbocycles. The Hall–Kier alpha value is -4.92. The van der Waals surface area contributed by atoms with Gasteiger partial charge in [-0.1, -0.05) is 30.3 Å². The summed E-state index contributed by atoms with van der Waals surface area (Å²) >= 11 is 0. The van der Waals surface area contributed by atoms with Crippen LogP contribution >= 0.6 is 0 Å². The van der Waals surface area contributed by atoms with Gasteiger partial charge in [-0.05, 0) is 48.9 Å². The van der Waals surface area contributed by atoms with Gasteiger partial charge in [0.05, 0.1) is 31.5 Å². The fraction of sp³-hybridized carbons (Fsp3) is 0.111. The lowest BCUT2D eigenvalue weighted by Gasteiger charge is -2.09. The van der Waals surface area contributed by atoms with Crippen molar-refractivity contribution >= 4 is 45.8 Å². The highest BCUT2D eigenvalue weighted by Crippen LogP contribution is 2.31. The van der Waals surface area contributed by atoms with Gasteiger partial charge in [-0.25, -0.2) is 9.97 Å². The maximum Gasteiger partial charge on any atom is 0.261 e. The fourth-order valence-corrected chi connectivity index (χ4v) is 4.04. The molecular weight excluding hydrogens is 456 g/mol. The van der Waals surface area contributed by atoms with E-state index in [1.54, 1.807) is 26.5 Å². The number of nitrogen functional groups attached to an aromatic ring is 1. The smallest absolute Gasteiger partial charge is 0.261 e. The third kappa shape index (κ3) is 4.07. The summed E-state index contributed by atoms with van der Waals surface area (Å²) in [6, 6.07) is 20.4. The van der Waals surface area contributed by atoms with Crippen molar-refractivity contribution in [3.63, 3.8) is 0 Å². The Bertz CT molecular complexity index is 1640. The number of rotatable bonds is 6. The molecule has 9 nitrogen and oxygen atoms in total. The fourth-order valence-electron chi connectivity index (χ4n) is 4.04. The molecule has 0 aliphatic heterocycles. The average molecular weight is 481 g/mol. The van der Waals surface area contributed by atoms with Crippen molar-refractivity contribution in [3.8, 4) is 11.5 Å². The number of fused-ring (bicyclic) bond motifs is 2. The number of methoxy groups -OCH3 is 2. The van der Waals surface area contributed by atoms with Crippen molar-refractivity contribution < 1.29 is 14.3 Å². The topological polar surface area (TPSA) is 117 Å². The molecular formula is C27H24N6O3. The first kappa shape index (κ1) is 22.9. The molecule has 0 fully saturated rings. The first-order valence-corrected chi connectivity index (χ1v) is 11.2. The van der Waals surface area contributed by atoms with Crippen LogP contribution in [0, 0.1) is 6.92 Å². The molecule has 0 spiro atoms. The number of aromatic nitrogens is 3. The summed E-state index contributed by atoms with van der Waals surface area (Å²) in [5.41, 5.74) is 11.0. The number of para-hydroxylation sites is 3. The van der Waals surface area contributed by atoms with Crippen LogP contribution < -0.4 is 20.5 Å². The molecule has 2 aromatic heterocycles. The van der Waals surface area contributed by atoms with E-state index in [9.17, 15) is 4.79 Å². The molecule has 0 atom stereocenters. The quantitative estimate of drug-likeness (QED) is 0.342. The lowest BCUT2D eigenvalue weighted by molar-refractivity contribution is 0.102. The minimum absolute atomic E-state index is 0.114. The second-order valence-electron chi connectivity index (χ2n) is 8.11. The Balaban J connectivity index is 1.67. The summed E-state index contributed by atoms with van der Waals surface area (Å²) < 4.78 is 12.3. The number of hydrogen-bond donors (Lipinski definition) is 2. The standard InChI is InChI=1S/C27H24N6O3/c1-16-8-6-10-18(14-16)30-27(34)22-23-26(32-20-12-5-4-11-19(20)31-23)33(25(22)28)29-15-17-9-7-13-21(35-2)24(17)36-3/h4-15H,28H2,1-3H3,(H,30,34). The minimum Gasteiger partial charge on any atom is -0.493 e. The Labute approximate surface area is 207 Å². The molecule has 0 saturated heterocycles. The first-order valence-electron chi connectivity index (χ1n) is 11.2. The van der Waals surface area contributed by atoms with Gasteiger partial charge in [-0.2, -0.15) is 9.78 Å². The van der Waals surface area contributed by atoms with Crippen LogP contribution in [-0.2, 0) is 0 Å². The largest absolute Gasteiger partial charge is 0.493 e. The number of aryl methyl sites for hydroxylation is 1. The second kappa shape index (κ2) is 9.38. The third-order valence-electron chi connectivity index (χ3n) is 5.72. The Kier molecular flexibility index (Phi) is 5.95. The van der Waals surface area contributed by atoms with E-state index < -0.39 is 5.91 Å². The number of carbonyl (C=O) groups excluding carboxylic acids is 1. The number of nitrogens with zero attached hydrogens (tertiary/aromatic N) is 4. The molecule has 3 N–H and O–H groups in total. The first-order chi connectivity index (χ1) is 17.5. The monoisotopic (exact) mass is 480 g/mol. The van der Waals surface area contributed by atoms with E-state index >= 15 is 0 Å². The van der Waals surface area contributed by atoms with Crippen molar-refractivity contribution in [1.29, 1.82) is 0 Å². The van der Waals surface area contributed by atoms with Crippen molar-refractivity contribution in [1.82, 2.24) is 14.6 Å². The zero-order valence-electron chi connectivity index (χ0n) is 20.0. The lowest BCUT2D eigenvalue weighted by atomic mass is 10.2. The van der Waals surface area contributed by atoms with Crippen LogP contribution in [0.2, 0.25) is 0 Å². The molecule has 0 bridgehead atoms. The maximum atomic E-state index is 13.4. The van der Waals surface area contributed by atoms with Gasteiger partial charge < -0.3 is 20.5 Å². The maximum absolute atomic E-state index is 13.4. The average Bonchev–Trinajstić information content (AvgIpc) is 3.15. The van der Waals surface area contributed by atoms with E-state index in [4.69, 9.17) is 25.2 Å². The molecule has 0 radical (unpaired) electrons. The Morgan fingerprint density at radius 1 is 1.00 bits per heavy atom. The van der Waals surface area contributed by atoms with Crippen LogP contribution in [0.5, 0.6) is 11.5 Å². The summed E-state index contributed by atoms with van der Waals surface area (Å²) in [4.78, 5) is 22.8. The van der Waals surface area contributed by atoms with Gasteiger partial charge in [0, 0.05) is 11.3 Å². The summed E-state index contributed by atoms with van der Waals surface area (Å²) in [6.07, 6.45) is 1.58.